The summed E-state index contributed by atoms with van der Waals surface area (Å²) >= 11 is 0. The van der Waals surface area contributed by atoms with Crippen molar-refractivity contribution in [2.75, 3.05) is 0 Å². The van der Waals surface area contributed by atoms with Crippen LogP contribution in [0.4, 0.5) is 0 Å². The lowest BCUT2D eigenvalue weighted by Gasteiger charge is -2.31. The molecule has 0 saturated carbocycles. The molecule has 0 fully saturated rings. The van der Waals surface area contributed by atoms with Gasteiger partial charge in [-0.1, -0.05) is 267 Å². The summed E-state index contributed by atoms with van der Waals surface area (Å²) in [5.74, 6) is 2.85. The molecule has 0 aliphatic carbocycles. The molecule has 0 spiro atoms. The van der Waals surface area contributed by atoms with Gasteiger partial charge in [0.25, 0.3) is 0 Å². The van der Waals surface area contributed by atoms with Gasteiger partial charge in [-0.2, -0.15) is 10.2 Å². The van der Waals surface area contributed by atoms with E-state index in [0.717, 1.165) is 54.9 Å². The number of benzene rings is 10. The van der Waals surface area contributed by atoms with E-state index in [1.807, 2.05) is 155 Å². The van der Waals surface area contributed by atoms with E-state index in [-0.39, 0.29) is 0 Å². The Morgan fingerprint density at radius 2 is 0.446 bits per heavy atom. The molecule has 0 radical (unpaired) electrons. The van der Waals surface area contributed by atoms with E-state index in [9.17, 15) is 0 Å². The number of rotatable bonds is 14. The number of para-hydroxylation sites is 4. The Kier molecular flexibility index (Phi) is 15.0. The van der Waals surface area contributed by atoms with Gasteiger partial charge in [-0.05, 0) is 24.3 Å². The third-order valence-electron chi connectivity index (χ3n) is 12.0. The molecule has 356 valence electrons. The average molecular weight is 997 g/mol. The van der Waals surface area contributed by atoms with Gasteiger partial charge in [0, 0.05) is 43.5 Å². The van der Waals surface area contributed by atoms with Crippen LogP contribution in [-0.4, -0.2) is 35.3 Å². The zero-order valence-electron chi connectivity index (χ0n) is 40.2. The van der Waals surface area contributed by atoms with Crippen molar-refractivity contribution in [1.29, 1.82) is 0 Å². The first kappa shape index (κ1) is 47.6. The Balaban J connectivity index is 0.000000159. The van der Waals surface area contributed by atoms with Crippen LogP contribution in [0.25, 0.3) is 0 Å². The predicted molar refractivity (Wildman–Crippen MR) is 306 cm³/mol. The van der Waals surface area contributed by atoms with Crippen molar-refractivity contribution in [3.05, 3.63) is 313 Å². The summed E-state index contributed by atoms with van der Waals surface area (Å²) in [6, 6.07) is 98.4. The second kappa shape index (κ2) is 23.3. The molecule has 0 aromatic heterocycles. The summed E-state index contributed by atoms with van der Waals surface area (Å²) < 4.78 is 29.5. The Labute approximate surface area is 435 Å². The molecule has 0 N–H and O–H groups in total. The molecular formula is C62H48B2N4O4P2. The Morgan fingerprint density at radius 3 is 0.662 bits per heavy atom. The zero-order valence-corrected chi connectivity index (χ0v) is 42.0. The smallest absolute Gasteiger partial charge is 0.503 e. The van der Waals surface area contributed by atoms with Crippen LogP contribution in [0.3, 0.4) is 0 Å². The normalized spacial score (nSPS) is 11.9. The summed E-state index contributed by atoms with van der Waals surface area (Å²) in [6.07, 6.45) is 0. The van der Waals surface area contributed by atoms with Gasteiger partial charge in [0.15, 0.2) is 0 Å². The lowest BCUT2D eigenvalue weighted by molar-refractivity contribution is 0.423. The number of nitrogens with zero attached hydrogens (tertiary/aromatic N) is 4. The summed E-state index contributed by atoms with van der Waals surface area (Å²) in [5.41, 5.74) is 5.78. The third-order valence-corrected chi connectivity index (χ3v) is 16.5. The maximum atomic E-state index is 6.38. The summed E-state index contributed by atoms with van der Waals surface area (Å²) in [4.78, 5) is 0. The van der Waals surface area contributed by atoms with Crippen molar-refractivity contribution in [3.8, 4) is 23.0 Å². The lowest BCUT2D eigenvalue weighted by Crippen LogP contribution is -2.44. The number of hydrogen-bond acceptors (Lipinski definition) is 8. The van der Waals surface area contributed by atoms with Crippen molar-refractivity contribution in [2.45, 2.75) is 0 Å². The summed E-state index contributed by atoms with van der Waals surface area (Å²) in [5, 5.41) is 15.3. The fourth-order valence-corrected chi connectivity index (χ4v) is 12.8. The molecule has 2 aliphatic rings. The van der Waals surface area contributed by atoms with Gasteiger partial charge in [0.2, 0.25) is 0 Å². The molecule has 10 aromatic carbocycles. The molecule has 2 aliphatic heterocycles. The van der Waals surface area contributed by atoms with E-state index in [2.05, 4.69) is 146 Å². The fraction of sp³-hybridized carbons (Fsp3) is 0. The highest BCUT2D eigenvalue weighted by Gasteiger charge is 2.46. The first-order chi connectivity index (χ1) is 36.7. The lowest BCUT2D eigenvalue weighted by atomic mass is 10.0. The number of fused-ring (bicyclic) bond motifs is 2. The van der Waals surface area contributed by atoms with Gasteiger partial charge in [-0.15, -0.1) is 0 Å². The van der Waals surface area contributed by atoms with Crippen LogP contribution in [0.2, 0.25) is 0 Å². The van der Waals surface area contributed by atoms with E-state index in [0.29, 0.717) is 23.0 Å². The van der Waals surface area contributed by atoms with E-state index in [1.165, 1.54) is 0 Å². The molecule has 8 nitrogen and oxygen atoms in total. The van der Waals surface area contributed by atoms with Gasteiger partial charge in [-0.3, -0.25) is 0 Å². The van der Waals surface area contributed by atoms with Crippen LogP contribution >= 0.6 is 16.1 Å². The number of hydrazone groups is 2. The van der Waals surface area contributed by atoms with Crippen LogP contribution < -0.4 is 39.8 Å². The monoisotopic (exact) mass is 996 g/mol. The van der Waals surface area contributed by atoms with Crippen molar-refractivity contribution >= 4 is 63.3 Å². The molecule has 0 atom stereocenters. The highest BCUT2D eigenvalue weighted by Crippen LogP contribution is 2.46. The molecule has 10 aromatic rings. The number of hydrogen-bond donors (Lipinski definition) is 0. The summed E-state index contributed by atoms with van der Waals surface area (Å²) in [7, 11) is -3.75. The van der Waals surface area contributed by atoms with Gasteiger partial charge in [0.05, 0.1) is 27.6 Å². The molecule has 74 heavy (non-hydrogen) atoms. The second-order valence-electron chi connectivity index (χ2n) is 16.9. The molecule has 0 saturated heterocycles. The van der Waals surface area contributed by atoms with Crippen LogP contribution in [0, 0.1) is 0 Å². The standard InChI is InChI=1S/2C31H24BN2O2P/c2*1-5-15-25(16-6-1)31(26-17-7-2-8-18-26)33-34(32-35-29-23-13-14-24-30(29)36-32)37(27-19-9-3-10-20-27)28-21-11-4-12-22-28/h2*1-24H. The van der Waals surface area contributed by atoms with E-state index >= 15 is 0 Å². The summed E-state index contributed by atoms with van der Waals surface area (Å²) in [6.45, 7) is 0. The molecule has 0 unspecified atom stereocenters. The van der Waals surface area contributed by atoms with Crippen molar-refractivity contribution in [3.63, 3.8) is 0 Å². The van der Waals surface area contributed by atoms with Crippen LogP contribution in [0.1, 0.15) is 22.3 Å². The van der Waals surface area contributed by atoms with E-state index < -0.39 is 30.7 Å². The third kappa shape index (κ3) is 11.0. The molecule has 12 heteroatoms. The first-order valence-electron chi connectivity index (χ1n) is 24.4. The van der Waals surface area contributed by atoms with Crippen molar-refractivity contribution in [1.82, 2.24) is 9.38 Å². The predicted octanol–water partition coefficient (Wildman–Crippen LogP) is 12.5. The molecule has 2 heterocycles. The first-order valence-corrected chi connectivity index (χ1v) is 26.9. The minimum absolute atomic E-state index is 0.713. The Hall–Kier alpha value is -8.67. The van der Waals surface area contributed by atoms with Crippen LogP contribution in [0.5, 0.6) is 23.0 Å². The topological polar surface area (TPSA) is 68.1 Å². The van der Waals surface area contributed by atoms with Crippen molar-refractivity contribution < 1.29 is 18.6 Å². The van der Waals surface area contributed by atoms with Gasteiger partial charge < -0.3 is 18.6 Å². The minimum atomic E-state index is -1.15. The van der Waals surface area contributed by atoms with Gasteiger partial charge >= 0.3 is 14.5 Å². The highest BCUT2D eigenvalue weighted by molar-refractivity contribution is 7.72. The highest BCUT2D eigenvalue weighted by atomic mass is 31.1. The fourth-order valence-electron chi connectivity index (χ4n) is 8.53. The van der Waals surface area contributed by atoms with E-state index in [4.69, 9.17) is 28.8 Å². The van der Waals surface area contributed by atoms with Crippen LogP contribution in [0.15, 0.2) is 301 Å². The molecule has 12 rings (SSSR count). The van der Waals surface area contributed by atoms with E-state index in [1.54, 1.807) is 0 Å². The largest absolute Gasteiger partial charge is 0.759 e. The Morgan fingerprint density at radius 1 is 0.257 bits per heavy atom. The molecular weight excluding hydrogens is 948 g/mol. The zero-order chi connectivity index (χ0) is 49.7. The Bertz CT molecular complexity index is 2990. The molecule has 0 amide bonds. The maximum Gasteiger partial charge on any atom is 0.759 e. The maximum absolute atomic E-state index is 6.38. The second-order valence-corrected chi connectivity index (χ2v) is 21.1. The quantitative estimate of drug-likeness (QED) is 0.0468. The average Bonchev–Trinajstić information content (AvgIpc) is 4.13. The van der Waals surface area contributed by atoms with Crippen LogP contribution in [-0.2, 0) is 0 Å². The SMILES string of the molecule is c1ccc(C(=NN(B2Oc3ccccc3O2)P(c2ccccc2)c2ccccc2)c2ccccc2)cc1.c1ccc(C(=NN(B2Oc3ccccc3O2)P(c2ccccc2)c2ccccc2)c2ccccc2)cc1. The molecule has 0 bridgehead atoms. The van der Waals surface area contributed by atoms with Crippen molar-refractivity contribution in [2.24, 2.45) is 10.2 Å². The minimum Gasteiger partial charge on any atom is -0.503 e. The van der Waals surface area contributed by atoms with Gasteiger partial charge in [0.1, 0.15) is 23.0 Å². The van der Waals surface area contributed by atoms with Gasteiger partial charge in [-0.25, -0.2) is 9.38 Å².